The van der Waals surface area contributed by atoms with Gasteiger partial charge in [0, 0.05) is 6.07 Å². The Bertz CT molecular complexity index is 740. The van der Waals surface area contributed by atoms with Crippen LogP contribution in [-0.4, -0.2) is 14.9 Å². The molecule has 0 bridgehead atoms. The summed E-state index contributed by atoms with van der Waals surface area (Å²) < 4.78 is 0. The van der Waals surface area contributed by atoms with Crippen molar-refractivity contribution in [2.24, 2.45) is 0 Å². The SMILES string of the molecule is O=[N+]([O-])c1cccc2nc3ccccc3nc12. The van der Waals surface area contributed by atoms with Crippen molar-refractivity contribution in [3.8, 4) is 0 Å². The van der Waals surface area contributed by atoms with Gasteiger partial charge >= 0.3 is 0 Å². The van der Waals surface area contributed by atoms with Gasteiger partial charge in [-0.3, -0.25) is 10.1 Å². The normalized spacial score (nSPS) is 10.8. The molecule has 0 fully saturated rings. The van der Waals surface area contributed by atoms with Crippen molar-refractivity contribution in [2.75, 3.05) is 0 Å². The maximum atomic E-state index is 10.9. The molecule has 0 saturated heterocycles. The average molecular weight is 225 g/mol. The third-order valence-electron chi connectivity index (χ3n) is 2.55. The first kappa shape index (κ1) is 9.65. The van der Waals surface area contributed by atoms with Crippen LogP contribution in [0, 0.1) is 10.1 Å². The Labute approximate surface area is 95.9 Å². The van der Waals surface area contributed by atoms with E-state index in [0.29, 0.717) is 16.6 Å². The highest BCUT2D eigenvalue weighted by Gasteiger charge is 2.13. The first-order valence-corrected chi connectivity index (χ1v) is 5.05. The molecule has 3 aromatic rings. The third-order valence-corrected chi connectivity index (χ3v) is 2.55. The molecular weight excluding hydrogens is 218 g/mol. The molecule has 0 amide bonds. The fraction of sp³-hybridized carbons (Fsp3) is 0. The van der Waals surface area contributed by atoms with Gasteiger partial charge in [-0.05, 0) is 18.2 Å². The lowest BCUT2D eigenvalue weighted by Crippen LogP contribution is -1.93. The van der Waals surface area contributed by atoms with Gasteiger partial charge in [-0.15, -0.1) is 0 Å². The van der Waals surface area contributed by atoms with Crippen molar-refractivity contribution in [1.82, 2.24) is 9.97 Å². The minimum atomic E-state index is -0.439. The van der Waals surface area contributed by atoms with E-state index < -0.39 is 4.92 Å². The highest BCUT2D eigenvalue weighted by molar-refractivity contribution is 5.91. The monoisotopic (exact) mass is 225 g/mol. The van der Waals surface area contributed by atoms with Gasteiger partial charge in [-0.1, -0.05) is 18.2 Å². The Morgan fingerprint density at radius 2 is 1.53 bits per heavy atom. The van der Waals surface area contributed by atoms with Gasteiger partial charge in [0.15, 0.2) is 5.52 Å². The molecule has 5 nitrogen and oxygen atoms in total. The maximum Gasteiger partial charge on any atom is 0.297 e. The summed E-state index contributed by atoms with van der Waals surface area (Å²) in [6.45, 7) is 0. The van der Waals surface area contributed by atoms with E-state index in [-0.39, 0.29) is 5.69 Å². The molecule has 0 N–H and O–H groups in total. The Hall–Kier alpha value is -2.56. The number of nitro groups is 1. The fourth-order valence-corrected chi connectivity index (χ4v) is 1.78. The lowest BCUT2D eigenvalue weighted by Gasteiger charge is -2.00. The van der Waals surface area contributed by atoms with Crippen LogP contribution in [0.4, 0.5) is 5.69 Å². The van der Waals surface area contributed by atoms with E-state index in [9.17, 15) is 10.1 Å². The maximum absolute atomic E-state index is 10.9. The van der Waals surface area contributed by atoms with Gasteiger partial charge in [0.05, 0.1) is 21.5 Å². The Kier molecular flexibility index (Phi) is 1.98. The number of nitrogens with zero attached hydrogens (tertiary/aromatic N) is 3. The van der Waals surface area contributed by atoms with Crippen LogP contribution < -0.4 is 0 Å². The molecule has 3 rings (SSSR count). The van der Waals surface area contributed by atoms with Gasteiger partial charge < -0.3 is 0 Å². The quantitative estimate of drug-likeness (QED) is 0.362. The number of rotatable bonds is 1. The summed E-state index contributed by atoms with van der Waals surface area (Å²) in [7, 11) is 0. The first-order chi connectivity index (χ1) is 8.25. The van der Waals surface area contributed by atoms with Crippen LogP contribution in [0.15, 0.2) is 42.5 Å². The summed E-state index contributed by atoms with van der Waals surface area (Å²) in [5, 5.41) is 10.9. The zero-order valence-electron chi connectivity index (χ0n) is 8.70. The standard InChI is InChI=1S/C12H7N3O2/c16-15(17)11-7-3-6-10-12(11)14-9-5-2-1-4-8(9)13-10/h1-7H. The number of aromatic nitrogens is 2. The van der Waals surface area contributed by atoms with Crippen molar-refractivity contribution in [2.45, 2.75) is 0 Å². The average Bonchev–Trinajstić information content (AvgIpc) is 2.35. The second kappa shape index (κ2) is 3.48. The molecule has 0 spiro atoms. The van der Waals surface area contributed by atoms with Crippen LogP contribution in [0.2, 0.25) is 0 Å². The van der Waals surface area contributed by atoms with Crippen LogP contribution in [0.25, 0.3) is 22.1 Å². The number of non-ortho nitro benzene ring substituents is 1. The molecule has 0 unspecified atom stereocenters. The number of hydrogen-bond donors (Lipinski definition) is 0. The summed E-state index contributed by atoms with van der Waals surface area (Å²) in [5.41, 5.74) is 2.25. The number of benzene rings is 2. The number of hydrogen-bond acceptors (Lipinski definition) is 4. The molecule has 0 saturated carbocycles. The first-order valence-electron chi connectivity index (χ1n) is 5.05. The summed E-state index contributed by atoms with van der Waals surface area (Å²) in [6, 6.07) is 12.1. The van der Waals surface area contributed by atoms with Crippen LogP contribution in [-0.2, 0) is 0 Å². The molecule has 0 aliphatic rings. The molecule has 2 aromatic carbocycles. The van der Waals surface area contributed by atoms with Crippen molar-refractivity contribution in [1.29, 1.82) is 0 Å². The van der Waals surface area contributed by atoms with E-state index in [1.54, 1.807) is 18.2 Å². The lowest BCUT2D eigenvalue weighted by molar-refractivity contribution is -0.383. The van der Waals surface area contributed by atoms with Crippen LogP contribution in [0.5, 0.6) is 0 Å². The molecule has 1 heterocycles. The minimum Gasteiger partial charge on any atom is -0.258 e. The van der Waals surface area contributed by atoms with Gasteiger partial charge in [0.1, 0.15) is 0 Å². The summed E-state index contributed by atoms with van der Waals surface area (Å²) in [5.74, 6) is 0. The molecule has 5 heteroatoms. The minimum absolute atomic E-state index is 0.0132. The number of fused-ring (bicyclic) bond motifs is 2. The second-order valence-corrected chi connectivity index (χ2v) is 3.61. The van der Waals surface area contributed by atoms with E-state index in [0.717, 1.165) is 5.52 Å². The van der Waals surface area contributed by atoms with Gasteiger partial charge in [-0.2, -0.15) is 0 Å². The van der Waals surface area contributed by atoms with E-state index in [1.165, 1.54) is 6.07 Å². The molecule has 1 aromatic heterocycles. The van der Waals surface area contributed by atoms with Crippen molar-refractivity contribution in [3.63, 3.8) is 0 Å². The number of nitro benzene ring substituents is 1. The predicted molar refractivity (Wildman–Crippen MR) is 63.7 cm³/mol. The largest absolute Gasteiger partial charge is 0.297 e. The zero-order valence-corrected chi connectivity index (χ0v) is 8.70. The molecule has 0 aliphatic carbocycles. The molecule has 0 radical (unpaired) electrons. The van der Waals surface area contributed by atoms with Gasteiger partial charge in [0.2, 0.25) is 0 Å². The van der Waals surface area contributed by atoms with Crippen LogP contribution in [0.3, 0.4) is 0 Å². The molecular formula is C12H7N3O2. The lowest BCUT2D eigenvalue weighted by atomic mass is 10.2. The summed E-state index contributed by atoms with van der Waals surface area (Å²) in [6.07, 6.45) is 0. The zero-order chi connectivity index (χ0) is 11.8. The highest BCUT2D eigenvalue weighted by Crippen LogP contribution is 2.24. The summed E-state index contributed by atoms with van der Waals surface area (Å²) >= 11 is 0. The Balaban J connectivity index is 2.47. The van der Waals surface area contributed by atoms with Crippen molar-refractivity contribution in [3.05, 3.63) is 52.6 Å². The molecule has 0 atom stereocenters. The van der Waals surface area contributed by atoms with Crippen LogP contribution in [0.1, 0.15) is 0 Å². The predicted octanol–water partition coefficient (Wildman–Crippen LogP) is 2.69. The van der Waals surface area contributed by atoms with E-state index in [4.69, 9.17) is 0 Å². The van der Waals surface area contributed by atoms with E-state index in [1.807, 2.05) is 18.2 Å². The topological polar surface area (TPSA) is 68.9 Å². The van der Waals surface area contributed by atoms with E-state index in [2.05, 4.69) is 9.97 Å². The Morgan fingerprint density at radius 1 is 0.882 bits per heavy atom. The molecule has 0 aliphatic heterocycles. The molecule has 82 valence electrons. The van der Waals surface area contributed by atoms with Crippen molar-refractivity contribution < 1.29 is 4.92 Å². The highest BCUT2D eigenvalue weighted by atomic mass is 16.6. The Morgan fingerprint density at radius 3 is 2.24 bits per heavy atom. The van der Waals surface area contributed by atoms with Gasteiger partial charge in [0.25, 0.3) is 5.69 Å². The van der Waals surface area contributed by atoms with Crippen molar-refractivity contribution >= 4 is 27.8 Å². The smallest absolute Gasteiger partial charge is 0.258 e. The number of para-hydroxylation sites is 3. The third kappa shape index (κ3) is 1.48. The van der Waals surface area contributed by atoms with Gasteiger partial charge in [-0.25, -0.2) is 9.97 Å². The second-order valence-electron chi connectivity index (χ2n) is 3.61. The van der Waals surface area contributed by atoms with Crippen LogP contribution >= 0.6 is 0 Å². The summed E-state index contributed by atoms with van der Waals surface area (Å²) in [4.78, 5) is 19.1. The molecule has 17 heavy (non-hydrogen) atoms. The fourth-order valence-electron chi connectivity index (χ4n) is 1.78. The van der Waals surface area contributed by atoms with E-state index >= 15 is 0 Å².